The van der Waals surface area contributed by atoms with E-state index >= 15 is 0 Å². The molecule has 24 heavy (non-hydrogen) atoms. The summed E-state index contributed by atoms with van der Waals surface area (Å²) in [7, 11) is 0. The van der Waals surface area contributed by atoms with Crippen molar-refractivity contribution < 1.29 is 0 Å². The molecule has 7 heteroatoms. The van der Waals surface area contributed by atoms with Crippen LogP contribution in [0.3, 0.4) is 0 Å². The summed E-state index contributed by atoms with van der Waals surface area (Å²) in [5.41, 5.74) is 3.07. The summed E-state index contributed by atoms with van der Waals surface area (Å²) < 4.78 is 2.80. The van der Waals surface area contributed by atoms with Gasteiger partial charge in [0.25, 0.3) is 0 Å². The van der Waals surface area contributed by atoms with Crippen LogP contribution in [0.1, 0.15) is 0 Å². The molecule has 0 bridgehead atoms. The predicted molar refractivity (Wildman–Crippen MR) is 99.1 cm³/mol. The Labute approximate surface area is 149 Å². The molecule has 0 aliphatic heterocycles. The molecule has 2 aromatic carbocycles. The smallest absolute Gasteiger partial charge is 0.235 e. The van der Waals surface area contributed by atoms with Gasteiger partial charge in [0, 0.05) is 20.9 Å². The molecule has 0 aliphatic carbocycles. The van der Waals surface area contributed by atoms with Gasteiger partial charge in [0.15, 0.2) is 10.8 Å². The van der Waals surface area contributed by atoms with E-state index in [1.807, 2.05) is 36.4 Å². The third kappa shape index (κ3) is 2.16. The summed E-state index contributed by atoms with van der Waals surface area (Å²) in [6.45, 7) is 0. The monoisotopic (exact) mass is 395 g/mol. The van der Waals surface area contributed by atoms with Gasteiger partial charge in [0.1, 0.15) is 0 Å². The fourth-order valence-corrected chi connectivity index (χ4v) is 3.93. The molecular formula is C17H10BrN5S. The molecule has 0 atom stereocenters. The Hall–Kier alpha value is -2.51. The Bertz CT molecular complexity index is 1150. The molecule has 0 unspecified atom stereocenters. The van der Waals surface area contributed by atoms with Crippen molar-refractivity contribution in [1.29, 1.82) is 0 Å². The number of hydrogen-bond donors (Lipinski definition) is 1. The molecule has 0 fully saturated rings. The van der Waals surface area contributed by atoms with Crippen LogP contribution in [-0.4, -0.2) is 24.8 Å². The van der Waals surface area contributed by atoms with E-state index in [1.165, 1.54) is 16.7 Å². The highest BCUT2D eigenvalue weighted by Crippen LogP contribution is 2.30. The largest absolute Gasteiger partial charge is 0.353 e. The summed E-state index contributed by atoms with van der Waals surface area (Å²) in [4.78, 5) is 4.19. The second kappa shape index (κ2) is 5.25. The van der Waals surface area contributed by atoms with Crippen LogP contribution in [0.25, 0.3) is 38.0 Å². The van der Waals surface area contributed by atoms with Crippen LogP contribution >= 0.6 is 27.3 Å². The van der Waals surface area contributed by atoms with Crippen molar-refractivity contribution in [3.63, 3.8) is 0 Å². The maximum absolute atomic E-state index is 4.71. The zero-order valence-corrected chi connectivity index (χ0v) is 14.7. The van der Waals surface area contributed by atoms with Crippen molar-refractivity contribution in [3.05, 3.63) is 59.1 Å². The first kappa shape index (κ1) is 13.9. The van der Waals surface area contributed by atoms with Gasteiger partial charge in [0.05, 0.1) is 5.69 Å². The van der Waals surface area contributed by atoms with E-state index in [-0.39, 0.29) is 0 Å². The van der Waals surface area contributed by atoms with Gasteiger partial charge in [-0.1, -0.05) is 57.6 Å². The van der Waals surface area contributed by atoms with E-state index in [0.29, 0.717) is 0 Å². The number of H-pyrrole nitrogens is 1. The molecule has 116 valence electrons. The Morgan fingerprint density at radius 1 is 1.00 bits per heavy atom. The fourth-order valence-electron chi connectivity index (χ4n) is 2.72. The molecule has 0 saturated carbocycles. The predicted octanol–water partition coefficient (Wildman–Crippen LogP) is 4.76. The Morgan fingerprint density at radius 2 is 1.92 bits per heavy atom. The fraction of sp³-hybridized carbons (Fsp3) is 0. The van der Waals surface area contributed by atoms with E-state index in [1.54, 1.807) is 4.52 Å². The summed E-state index contributed by atoms with van der Waals surface area (Å²) in [5, 5.41) is 15.3. The van der Waals surface area contributed by atoms with E-state index < -0.39 is 0 Å². The zero-order chi connectivity index (χ0) is 16.1. The molecule has 0 saturated heterocycles. The van der Waals surface area contributed by atoms with Crippen molar-refractivity contribution in [2.75, 3.05) is 0 Å². The summed E-state index contributed by atoms with van der Waals surface area (Å²) >= 11 is 5.01. The Kier molecular flexibility index (Phi) is 3.04. The second-order valence-corrected chi connectivity index (χ2v) is 7.28. The first-order valence-electron chi connectivity index (χ1n) is 7.34. The number of halogens is 1. The summed E-state index contributed by atoms with van der Waals surface area (Å²) in [6, 6.07) is 18.3. The minimum absolute atomic E-state index is 0.741. The molecule has 0 amide bonds. The maximum Gasteiger partial charge on any atom is 0.235 e. The first-order valence-corrected chi connectivity index (χ1v) is 8.95. The number of aromatic nitrogens is 5. The standard InChI is InChI=1S/C17H10BrN5S/c18-12-6-3-5-11(8-12)15-20-21-17-23(15)22-16(24-17)14-9-10-4-1-2-7-13(10)19-14/h1-9,19H. The minimum atomic E-state index is 0.741. The number of fused-ring (bicyclic) bond motifs is 2. The van der Waals surface area contributed by atoms with Crippen LogP contribution < -0.4 is 0 Å². The SMILES string of the molecule is Brc1cccc(-c2nnc3sc(-c4cc5ccccc5[nH]4)nn23)c1. The first-order chi connectivity index (χ1) is 11.8. The highest BCUT2D eigenvalue weighted by Gasteiger charge is 2.15. The molecule has 0 radical (unpaired) electrons. The molecule has 1 N–H and O–H groups in total. The maximum atomic E-state index is 4.71. The Morgan fingerprint density at radius 3 is 2.79 bits per heavy atom. The van der Waals surface area contributed by atoms with Gasteiger partial charge in [-0.05, 0) is 24.3 Å². The molecular weight excluding hydrogens is 386 g/mol. The summed E-state index contributed by atoms with van der Waals surface area (Å²) in [5.74, 6) is 0.741. The number of nitrogens with one attached hydrogen (secondary N) is 1. The average Bonchev–Trinajstić information content (AvgIpc) is 3.27. The lowest BCUT2D eigenvalue weighted by atomic mass is 10.2. The van der Waals surface area contributed by atoms with Crippen molar-refractivity contribution in [2.45, 2.75) is 0 Å². The van der Waals surface area contributed by atoms with Gasteiger partial charge in [-0.3, -0.25) is 0 Å². The van der Waals surface area contributed by atoms with E-state index in [0.717, 1.165) is 37.0 Å². The van der Waals surface area contributed by atoms with Crippen LogP contribution in [0.5, 0.6) is 0 Å². The van der Waals surface area contributed by atoms with Crippen LogP contribution in [0, 0.1) is 0 Å². The second-order valence-electron chi connectivity index (χ2n) is 5.41. The lowest BCUT2D eigenvalue weighted by Crippen LogP contribution is -1.91. The van der Waals surface area contributed by atoms with E-state index in [2.05, 4.69) is 49.3 Å². The molecule has 0 aliphatic rings. The van der Waals surface area contributed by atoms with Gasteiger partial charge in [-0.15, -0.1) is 10.2 Å². The van der Waals surface area contributed by atoms with Crippen molar-refractivity contribution in [2.24, 2.45) is 0 Å². The van der Waals surface area contributed by atoms with Gasteiger partial charge < -0.3 is 4.98 Å². The molecule has 3 aromatic heterocycles. The van der Waals surface area contributed by atoms with Crippen LogP contribution in [-0.2, 0) is 0 Å². The quantitative estimate of drug-likeness (QED) is 0.468. The van der Waals surface area contributed by atoms with Gasteiger partial charge in [0.2, 0.25) is 4.96 Å². The number of rotatable bonds is 2. The van der Waals surface area contributed by atoms with Crippen LogP contribution in [0.2, 0.25) is 0 Å². The topological polar surface area (TPSA) is 58.9 Å². The van der Waals surface area contributed by atoms with Crippen LogP contribution in [0.15, 0.2) is 59.1 Å². The highest BCUT2D eigenvalue weighted by molar-refractivity contribution is 9.10. The number of hydrogen-bond acceptors (Lipinski definition) is 4. The number of para-hydroxylation sites is 1. The van der Waals surface area contributed by atoms with E-state index in [4.69, 9.17) is 5.10 Å². The Balaban J connectivity index is 1.66. The summed E-state index contributed by atoms with van der Waals surface area (Å²) in [6.07, 6.45) is 0. The molecule has 0 spiro atoms. The molecule has 5 rings (SSSR count). The molecule has 5 nitrogen and oxygen atoms in total. The third-order valence-corrected chi connectivity index (χ3v) is 5.26. The van der Waals surface area contributed by atoms with Crippen molar-refractivity contribution >= 4 is 43.1 Å². The lowest BCUT2D eigenvalue weighted by Gasteiger charge is -1.97. The van der Waals surface area contributed by atoms with Gasteiger partial charge >= 0.3 is 0 Å². The van der Waals surface area contributed by atoms with Crippen LogP contribution in [0.4, 0.5) is 0 Å². The van der Waals surface area contributed by atoms with Gasteiger partial charge in [-0.25, -0.2) is 0 Å². The minimum Gasteiger partial charge on any atom is -0.353 e. The van der Waals surface area contributed by atoms with Crippen molar-refractivity contribution in [1.82, 2.24) is 24.8 Å². The number of nitrogens with zero attached hydrogens (tertiary/aromatic N) is 4. The average molecular weight is 396 g/mol. The van der Waals surface area contributed by atoms with E-state index in [9.17, 15) is 0 Å². The normalized spacial score (nSPS) is 11.5. The van der Waals surface area contributed by atoms with Crippen molar-refractivity contribution in [3.8, 4) is 22.1 Å². The van der Waals surface area contributed by atoms with Gasteiger partial charge in [-0.2, -0.15) is 9.61 Å². The highest BCUT2D eigenvalue weighted by atomic mass is 79.9. The number of benzene rings is 2. The number of aromatic amines is 1. The molecule has 3 heterocycles. The molecule has 5 aromatic rings. The third-order valence-electron chi connectivity index (χ3n) is 3.83. The lowest BCUT2D eigenvalue weighted by molar-refractivity contribution is 0.968. The zero-order valence-electron chi connectivity index (χ0n) is 12.3.